The van der Waals surface area contributed by atoms with Crippen molar-refractivity contribution in [2.75, 3.05) is 25.4 Å². The molecule has 0 bridgehead atoms. The van der Waals surface area contributed by atoms with Crippen molar-refractivity contribution in [2.24, 2.45) is 0 Å². The van der Waals surface area contributed by atoms with Crippen molar-refractivity contribution in [1.29, 1.82) is 0 Å². The molecule has 5 heteroatoms. The van der Waals surface area contributed by atoms with Gasteiger partial charge >= 0.3 is 0 Å². The summed E-state index contributed by atoms with van der Waals surface area (Å²) in [6.45, 7) is 5.33. The molecular weight excluding hydrogens is 266 g/mol. The second kappa shape index (κ2) is 9.00. The fourth-order valence-electron chi connectivity index (χ4n) is 2.05. The van der Waals surface area contributed by atoms with Crippen LogP contribution in [0.1, 0.15) is 32.3 Å². The quantitative estimate of drug-likeness (QED) is 0.714. The Kier molecular flexibility index (Phi) is 7.29. The first-order valence-corrected chi connectivity index (χ1v) is 7.45. The number of hydrogen-bond donors (Lipinski definition) is 2. The maximum Gasteiger partial charge on any atom is 0.239 e. The van der Waals surface area contributed by atoms with Crippen molar-refractivity contribution in [3.8, 4) is 0 Å². The topological polar surface area (TPSA) is 75.4 Å². The third-order valence-corrected chi connectivity index (χ3v) is 3.06. The van der Waals surface area contributed by atoms with E-state index in [4.69, 9.17) is 5.73 Å². The van der Waals surface area contributed by atoms with Crippen molar-refractivity contribution in [3.05, 3.63) is 29.8 Å². The molecule has 1 aromatic carbocycles. The van der Waals surface area contributed by atoms with Crippen LogP contribution in [0.15, 0.2) is 24.3 Å². The molecule has 5 nitrogen and oxygen atoms in total. The normalized spacial score (nSPS) is 10.2. The summed E-state index contributed by atoms with van der Waals surface area (Å²) in [5.74, 6) is -0.152. The van der Waals surface area contributed by atoms with Gasteiger partial charge in [-0.1, -0.05) is 26.0 Å². The van der Waals surface area contributed by atoms with Gasteiger partial charge in [-0.3, -0.25) is 9.59 Å². The molecule has 3 N–H and O–H groups in total. The Balaban J connectivity index is 2.62. The number of benzene rings is 1. The van der Waals surface area contributed by atoms with Crippen LogP contribution in [-0.2, 0) is 16.0 Å². The molecule has 0 atom stereocenters. The van der Waals surface area contributed by atoms with E-state index >= 15 is 0 Å². The average molecular weight is 291 g/mol. The third kappa shape index (κ3) is 6.29. The molecule has 116 valence electrons. The number of nitrogens with one attached hydrogen (secondary N) is 1. The molecule has 0 saturated carbocycles. The highest BCUT2D eigenvalue weighted by atomic mass is 16.2. The van der Waals surface area contributed by atoms with E-state index in [1.54, 1.807) is 17.0 Å². The van der Waals surface area contributed by atoms with Gasteiger partial charge in [0.2, 0.25) is 11.8 Å². The maximum absolute atomic E-state index is 12.3. The number of nitrogens with two attached hydrogens (primary N) is 1. The van der Waals surface area contributed by atoms with Crippen molar-refractivity contribution in [2.45, 2.75) is 33.1 Å². The van der Waals surface area contributed by atoms with Gasteiger partial charge in [-0.05, 0) is 30.5 Å². The summed E-state index contributed by atoms with van der Waals surface area (Å²) in [5, 5.41) is 2.80. The average Bonchev–Trinajstić information content (AvgIpc) is 2.44. The van der Waals surface area contributed by atoms with Crippen LogP contribution in [0.4, 0.5) is 5.69 Å². The van der Waals surface area contributed by atoms with E-state index in [0.29, 0.717) is 18.8 Å². The fourth-order valence-corrected chi connectivity index (χ4v) is 2.05. The molecule has 0 fully saturated rings. The molecule has 0 saturated heterocycles. The van der Waals surface area contributed by atoms with Gasteiger partial charge in [0, 0.05) is 18.8 Å². The summed E-state index contributed by atoms with van der Waals surface area (Å²) >= 11 is 0. The Morgan fingerprint density at radius 2 is 2.00 bits per heavy atom. The van der Waals surface area contributed by atoms with Gasteiger partial charge in [-0.2, -0.15) is 0 Å². The van der Waals surface area contributed by atoms with Gasteiger partial charge in [0.25, 0.3) is 0 Å². The Morgan fingerprint density at radius 1 is 1.24 bits per heavy atom. The highest BCUT2D eigenvalue weighted by Gasteiger charge is 2.16. The van der Waals surface area contributed by atoms with Gasteiger partial charge in [0.15, 0.2) is 0 Å². The molecule has 0 aromatic heterocycles. The molecule has 21 heavy (non-hydrogen) atoms. The van der Waals surface area contributed by atoms with E-state index in [2.05, 4.69) is 5.32 Å². The lowest BCUT2D eigenvalue weighted by molar-refractivity contribution is -0.135. The van der Waals surface area contributed by atoms with Crippen LogP contribution in [0.2, 0.25) is 0 Å². The van der Waals surface area contributed by atoms with Gasteiger partial charge in [0.1, 0.15) is 0 Å². The summed E-state index contributed by atoms with van der Waals surface area (Å²) in [7, 11) is 0. The molecule has 0 heterocycles. The summed E-state index contributed by atoms with van der Waals surface area (Å²) in [6, 6.07) is 7.28. The van der Waals surface area contributed by atoms with Gasteiger partial charge in [-0.25, -0.2) is 0 Å². The number of amides is 2. The van der Waals surface area contributed by atoms with Crippen LogP contribution in [0.3, 0.4) is 0 Å². The van der Waals surface area contributed by atoms with Crippen molar-refractivity contribution in [3.63, 3.8) is 0 Å². The number of rotatable bonds is 8. The summed E-state index contributed by atoms with van der Waals surface area (Å²) in [5.41, 5.74) is 7.23. The van der Waals surface area contributed by atoms with E-state index in [1.165, 1.54) is 0 Å². The van der Waals surface area contributed by atoms with E-state index < -0.39 is 0 Å². The van der Waals surface area contributed by atoms with Gasteiger partial charge in [0.05, 0.1) is 13.0 Å². The second-order valence-electron chi connectivity index (χ2n) is 5.09. The minimum atomic E-state index is -0.105. The number of hydrogen-bond acceptors (Lipinski definition) is 3. The molecule has 0 aliphatic rings. The lowest BCUT2D eigenvalue weighted by atomic mass is 10.1. The van der Waals surface area contributed by atoms with Crippen LogP contribution >= 0.6 is 0 Å². The van der Waals surface area contributed by atoms with Gasteiger partial charge in [-0.15, -0.1) is 0 Å². The summed E-state index contributed by atoms with van der Waals surface area (Å²) < 4.78 is 0. The number of carbonyl (C=O) groups excluding carboxylic acids is 2. The number of anilines is 1. The molecule has 1 rings (SSSR count). The Labute approximate surface area is 126 Å². The van der Waals surface area contributed by atoms with E-state index in [1.807, 2.05) is 26.0 Å². The second-order valence-corrected chi connectivity index (χ2v) is 5.09. The van der Waals surface area contributed by atoms with Crippen molar-refractivity contribution in [1.82, 2.24) is 10.2 Å². The molecule has 1 aromatic rings. The Bertz CT molecular complexity index is 474. The molecule has 2 amide bonds. The molecule has 0 aliphatic carbocycles. The van der Waals surface area contributed by atoms with Crippen LogP contribution in [0, 0.1) is 0 Å². The largest absolute Gasteiger partial charge is 0.399 e. The van der Waals surface area contributed by atoms with Crippen molar-refractivity contribution < 1.29 is 9.59 Å². The summed E-state index contributed by atoms with van der Waals surface area (Å²) in [6.07, 6.45) is 1.98. The number of nitrogens with zero attached hydrogens (tertiary/aromatic N) is 1. The van der Waals surface area contributed by atoms with E-state index in [-0.39, 0.29) is 24.8 Å². The first kappa shape index (κ1) is 17.0. The number of carbonyl (C=O) groups is 2. The highest BCUT2D eigenvalue weighted by Crippen LogP contribution is 2.09. The van der Waals surface area contributed by atoms with E-state index in [9.17, 15) is 9.59 Å². The molecule has 0 spiro atoms. The number of nitrogen functional groups attached to an aromatic ring is 1. The Morgan fingerprint density at radius 3 is 2.62 bits per heavy atom. The van der Waals surface area contributed by atoms with Crippen LogP contribution < -0.4 is 11.1 Å². The highest BCUT2D eigenvalue weighted by molar-refractivity contribution is 5.85. The zero-order valence-corrected chi connectivity index (χ0v) is 12.9. The smallest absolute Gasteiger partial charge is 0.239 e. The third-order valence-electron chi connectivity index (χ3n) is 3.06. The minimum absolute atomic E-state index is 0.0471. The van der Waals surface area contributed by atoms with E-state index in [0.717, 1.165) is 18.4 Å². The predicted octanol–water partition coefficient (Wildman–Crippen LogP) is 1.58. The lowest BCUT2D eigenvalue weighted by Gasteiger charge is -2.21. The zero-order valence-electron chi connectivity index (χ0n) is 12.9. The lowest BCUT2D eigenvalue weighted by Crippen LogP contribution is -2.42. The van der Waals surface area contributed by atoms with Crippen LogP contribution in [0.25, 0.3) is 0 Å². The summed E-state index contributed by atoms with van der Waals surface area (Å²) in [4.78, 5) is 25.7. The zero-order chi connectivity index (χ0) is 15.7. The van der Waals surface area contributed by atoms with Gasteiger partial charge < -0.3 is 16.0 Å². The first-order valence-electron chi connectivity index (χ1n) is 7.45. The van der Waals surface area contributed by atoms with Crippen LogP contribution in [-0.4, -0.2) is 36.3 Å². The maximum atomic E-state index is 12.3. The molecule has 0 radical (unpaired) electrons. The Hall–Kier alpha value is -2.04. The minimum Gasteiger partial charge on any atom is -0.399 e. The molecular formula is C16H25N3O2. The van der Waals surface area contributed by atoms with Crippen molar-refractivity contribution >= 4 is 17.5 Å². The fraction of sp³-hybridized carbons (Fsp3) is 0.500. The van der Waals surface area contributed by atoms with Crippen LogP contribution in [0.5, 0.6) is 0 Å². The SMILES string of the molecule is CCCNC(=O)CN(CCC)C(=O)Cc1cccc(N)c1. The monoisotopic (exact) mass is 291 g/mol. The molecule has 0 aliphatic heterocycles. The predicted molar refractivity (Wildman–Crippen MR) is 84.7 cm³/mol. The molecule has 0 unspecified atom stereocenters. The first-order chi connectivity index (χ1) is 10.1. The standard InChI is InChI=1S/C16H25N3O2/c1-3-8-18-15(20)12-19(9-4-2)16(21)11-13-6-5-7-14(17)10-13/h5-7,10H,3-4,8-9,11-12,17H2,1-2H3,(H,18,20).